The van der Waals surface area contributed by atoms with Gasteiger partial charge in [-0.1, -0.05) is 0 Å². The van der Waals surface area contributed by atoms with Crippen molar-refractivity contribution >= 4 is 0 Å². The predicted octanol–water partition coefficient (Wildman–Crippen LogP) is 1.38. The quantitative estimate of drug-likeness (QED) is 0.761. The van der Waals surface area contributed by atoms with E-state index in [0.717, 1.165) is 13.1 Å². The summed E-state index contributed by atoms with van der Waals surface area (Å²) in [5, 5.41) is 7.85. The van der Waals surface area contributed by atoms with Crippen LogP contribution in [-0.4, -0.2) is 39.9 Å². The molecule has 1 aliphatic heterocycles. The van der Waals surface area contributed by atoms with Gasteiger partial charge in [0.15, 0.2) is 0 Å². The van der Waals surface area contributed by atoms with Crippen molar-refractivity contribution in [2.24, 2.45) is 0 Å². The zero-order valence-corrected chi connectivity index (χ0v) is 10.4. The van der Waals surface area contributed by atoms with E-state index in [0.29, 0.717) is 18.3 Å². The van der Waals surface area contributed by atoms with Crippen molar-refractivity contribution in [2.75, 3.05) is 13.1 Å². The highest BCUT2D eigenvalue weighted by molar-refractivity contribution is 4.86. The van der Waals surface area contributed by atoms with Crippen molar-refractivity contribution in [1.82, 2.24) is 15.1 Å². The predicted molar refractivity (Wildman–Crippen MR) is 58.9 cm³/mol. The first-order chi connectivity index (χ1) is 7.44. The van der Waals surface area contributed by atoms with Gasteiger partial charge in [0.05, 0.1) is 18.2 Å². The molecular weight excluding hydrogens is 206 g/mol. The Morgan fingerprint density at radius 2 is 2.19 bits per heavy atom. The standard InChI is InChI=1S/C11H19N3O2/c1-8-5-14(7-11(3,4)16-8)6-10-13-12-9(2)15-10/h8H,5-7H2,1-4H3. The van der Waals surface area contributed by atoms with E-state index < -0.39 is 0 Å². The SMILES string of the molecule is Cc1nnc(CN2CC(C)OC(C)(C)C2)o1. The first-order valence-corrected chi connectivity index (χ1v) is 5.64. The summed E-state index contributed by atoms with van der Waals surface area (Å²) in [5.41, 5.74) is -0.104. The van der Waals surface area contributed by atoms with Crippen molar-refractivity contribution in [1.29, 1.82) is 0 Å². The monoisotopic (exact) mass is 225 g/mol. The molecule has 2 heterocycles. The largest absolute Gasteiger partial charge is 0.424 e. The van der Waals surface area contributed by atoms with Crippen LogP contribution in [0.2, 0.25) is 0 Å². The molecule has 0 saturated carbocycles. The zero-order chi connectivity index (χ0) is 11.8. The molecule has 5 heteroatoms. The number of hydrogen-bond donors (Lipinski definition) is 0. The Bertz CT molecular complexity index is 362. The number of ether oxygens (including phenoxy) is 1. The average Bonchev–Trinajstić information content (AvgIpc) is 2.46. The van der Waals surface area contributed by atoms with Gasteiger partial charge in [0.1, 0.15) is 0 Å². The van der Waals surface area contributed by atoms with Gasteiger partial charge in [-0.2, -0.15) is 0 Å². The highest BCUT2D eigenvalue weighted by Gasteiger charge is 2.31. The second kappa shape index (κ2) is 4.14. The molecule has 0 spiro atoms. The van der Waals surface area contributed by atoms with Crippen molar-refractivity contribution < 1.29 is 9.15 Å². The summed E-state index contributed by atoms with van der Waals surface area (Å²) in [5.74, 6) is 1.30. The van der Waals surface area contributed by atoms with Gasteiger partial charge in [-0.15, -0.1) is 10.2 Å². The third-order valence-corrected chi connectivity index (χ3v) is 2.57. The van der Waals surface area contributed by atoms with Gasteiger partial charge < -0.3 is 9.15 Å². The van der Waals surface area contributed by atoms with E-state index in [1.807, 2.05) is 6.92 Å². The molecule has 1 saturated heterocycles. The topological polar surface area (TPSA) is 51.4 Å². The number of nitrogens with zero attached hydrogens (tertiary/aromatic N) is 3. The van der Waals surface area contributed by atoms with Crippen LogP contribution in [0.15, 0.2) is 4.42 Å². The lowest BCUT2D eigenvalue weighted by molar-refractivity contribution is -0.131. The summed E-state index contributed by atoms with van der Waals surface area (Å²) in [6, 6.07) is 0. The highest BCUT2D eigenvalue weighted by Crippen LogP contribution is 2.21. The molecule has 1 aromatic heterocycles. The van der Waals surface area contributed by atoms with Crippen LogP contribution < -0.4 is 0 Å². The molecule has 1 aliphatic rings. The summed E-state index contributed by atoms with van der Waals surface area (Å²) in [4.78, 5) is 2.29. The minimum absolute atomic E-state index is 0.104. The van der Waals surface area contributed by atoms with Crippen LogP contribution in [0, 0.1) is 6.92 Å². The maximum Gasteiger partial charge on any atom is 0.230 e. The fraction of sp³-hybridized carbons (Fsp3) is 0.818. The molecule has 90 valence electrons. The molecule has 0 aliphatic carbocycles. The second-order valence-electron chi connectivity index (χ2n) is 5.07. The van der Waals surface area contributed by atoms with Crippen LogP contribution in [-0.2, 0) is 11.3 Å². The number of rotatable bonds is 2. The molecule has 0 bridgehead atoms. The number of morpholine rings is 1. The first kappa shape index (κ1) is 11.5. The molecule has 5 nitrogen and oxygen atoms in total. The van der Waals surface area contributed by atoms with E-state index in [-0.39, 0.29) is 11.7 Å². The molecule has 0 aromatic carbocycles. The minimum Gasteiger partial charge on any atom is -0.424 e. The lowest BCUT2D eigenvalue weighted by atomic mass is 10.1. The number of hydrogen-bond acceptors (Lipinski definition) is 5. The summed E-state index contributed by atoms with van der Waals surface area (Å²) < 4.78 is 11.2. The maximum absolute atomic E-state index is 5.84. The fourth-order valence-electron chi connectivity index (χ4n) is 2.30. The van der Waals surface area contributed by atoms with E-state index in [4.69, 9.17) is 9.15 Å². The van der Waals surface area contributed by atoms with Crippen LogP contribution in [0.1, 0.15) is 32.6 Å². The molecule has 16 heavy (non-hydrogen) atoms. The van der Waals surface area contributed by atoms with Crippen molar-refractivity contribution in [2.45, 2.75) is 45.9 Å². The van der Waals surface area contributed by atoms with Gasteiger partial charge in [0, 0.05) is 20.0 Å². The lowest BCUT2D eigenvalue weighted by Gasteiger charge is -2.41. The van der Waals surface area contributed by atoms with Crippen LogP contribution in [0.3, 0.4) is 0 Å². The van der Waals surface area contributed by atoms with Gasteiger partial charge in [-0.3, -0.25) is 4.90 Å². The molecule has 1 unspecified atom stereocenters. The lowest BCUT2D eigenvalue weighted by Crippen LogP contribution is -2.51. The van der Waals surface area contributed by atoms with Gasteiger partial charge in [-0.25, -0.2) is 0 Å². The Balaban J connectivity index is 1.99. The Labute approximate surface area is 95.8 Å². The summed E-state index contributed by atoms with van der Waals surface area (Å²) in [7, 11) is 0. The van der Waals surface area contributed by atoms with E-state index in [9.17, 15) is 0 Å². The molecule has 1 aromatic rings. The molecule has 0 N–H and O–H groups in total. The van der Waals surface area contributed by atoms with Gasteiger partial charge in [0.2, 0.25) is 11.8 Å². The molecule has 0 radical (unpaired) electrons. The molecule has 1 fully saturated rings. The van der Waals surface area contributed by atoms with Gasteiger partial charge in [-0.05, 0) is 20.8 Å². The second-order valence-corrected chi connectivity index (χ2v) is 5.07. The summed E-state index contributed by atoms with van der Waals surface area (Å²) in [6.45, 7) is 10.6. The van der Waals surface area contributed by atoms with Crippen LogP contribution in [0.5, 0.6) is 0 Å². The number of aromatic nitrogens is 2. The van der Waals surface area contributed by atoms with E-state index in [2.05, 4.69) is 35.9 Å². The maximum atomic E-state index is 5.84. The van der Waals surface area contributed by atoms with Gasteiger partial charge >= 0.3 is 0 Å². The van der Waals surface area contributed by atoms with Crippen molar-refractivity contribution in [3.05, 3.63) is 11.8 Å². The van der Waals surface area contributed by atoms with Crippen molar-refractivity contribution in [3.63, 3.8) is 0 Å². The first-order valence-electron chi connectivity index (χ1n) is 5.64. The normalized spacial score (nSPS) is 25.9. The third-order valence-electron chi connectivity index (χ3n) is 2.57. The van der Waals surface area contributed by atoms with E-state index in [1.54, 1.807) is 0 Å². The van der Waals surface area contributed by atoms with E-state index >= 15 is 0 Å². The molecular formula is C11H19N3O2. The highest BCUT2D eigenvalue weighted by atomic mass is 16.5. The third kappa shape index (κ3) is 2.80. The Kier molecular flexibility index (Phi) is 2.99. The van der Waals surface area contributed by atoms with Crippen LogP contribution in [0.25, 0.3) is 0 Å². The Hall–Kier alpha value is -0.940. The average molecular weight is 225 g/mol. The minimum atomic E-state index is -0.104. The Morgan fingerprint density at radius 3 is 2.75 bits per heavy atom. The van der Waals surface area contributed by atoms with Crippen molar-refractivity contribution in [3.8, 4) is 0 Å². The number of aryl methyl sites for hydroxylation is 1. The smallest absolute Gasteiger partial charge is 0.230 e. The molecule has 1 atom stereocenters. The molecule has 2 rings (SSSR count). The summed E-state index contributed by atoms with van der Waals surface area (Å²) >= 11 is 0. The zero-order valence-electron chi connectivity index (χ0n) is 10.4. The van der Waals surface area contributed by atoms with Crippen LogP contribution in [0.4, 0.5) is 0 Å². The fourth-order valence-corrected chi connectivity index (χ4v) is 2.30. The molecule has 0 amide bonds. The summed E-state index contributed by atoms with van der Waals surface area (Å²) in [6.07, 6.45) is 0.243. The Morgan fingerprint density at radius 1 is 1.44 bits per heavy atom. The van der Waals surface area contributed by atoms with Crippen LogP contribution >= 0.6 is 0 Å². The van der Waals surface area contributed by atoms with E-state index in [1.165, 1.54) is 0 Å². The van der Waals surface area contributed by atoms with Gasteiger partial charge in [0.25, 0.3) is 0 Å².